The fraction of sp³-hybridized carbons (Fsp3) is 0.462. The van der Waals surface area contributed by atoms with Gasteiger partial charge in [0.15, 0.2) is 0 Å². The summed E-state index contributed by atoms with van der Waals surface area (Å²) in [6, 6.07) is 4.58. The summed E-state index contributed by atoms with van der Waals surface area (Å²) in [5.41, 5.74) is 6.33. The highest BCUT2D eigenvalue weighted by molar-refractivity contribution is 6.34. The summed E-state index contributed by atoms with van der Waals surface area (Å²) in [6.07, 6.45) is -4.22. The van der Waals surface area contributed by atoms with E-state index in [1.807, 2.05) is 0 Å². The zero-order valence-electron chi connectivity index (χ0n) is 11.2. The van der Waals surface area contributed by atoms with Crippen molar-refractivity contribution in [3.8, 4) is 0 Å². The molecule has 0 saturated carbocycles. The van der Waals surface area contributed by atoms with Crippen LogP contribution in [0.2, 0.25) is 5.02 Å². The molecule has 1 aromatic carbocycles. The molecule has 0 unspecified atom stereocenters. The minimum absolute atomic E-state index is 0.192. The van der Waals surface area contributed by atoms with Gasteiger partial charge in [-0.1, -0.05) is 11.6 Å². The zero-order chi connectivity index (χ0) is 15.6. The molecule has 1 heterocycles. The topological polar surface area (TPSA) is 49.6 Å². The van der Waals surface area contributed by atoms with Gasteiger partial charge in [0, 0.05) is 31.9 Å². The van der Waals surface area contributed by atoms with E-state index in [4.69, 9.17) is 17.3 Å². The average Bonchev–Trinajstić information content (AvgIpc) is 2.37. The molecule has 2 rings (SSSR count). The van der Waals surface area contributed by atoms with E-state index in [0.717, 1.165) is 0 Å². The number of piperazine rings is 1. The first-order valence-corrected chi connectivity index (χ1v) is 6.77. The Labute approximate surface area is 125 Å². The molecule has 0 spiro atoms. The fourth-order valence-electron chi connectivity index (χ4n) is 2.24. The largest absolute Gasteiger partial charge is 0.401 e. The number of hydrogen-bond donors (Lipinski definition) is 1. The number of nitrogen functional groups attached to an aromatic ring is 1. The Bertz CT molecular complexity index is 528. The molecule has 0 radical (unpaired) electrons. The predicted octanol–water partition coefficient (Wildman–Crippen LogP) is 2.24. The van der Waals surface area contributed by atoms with E-state index < -0.39 is 12.7 Å². The van der Waals surface area contributed by atoms with Gasteiger partial charge < -0.3 is 10.6 Å². The van der Waals surface area contributed by atoms with Crippen molar-refractivity contribution in [1.29, 1.82) is 0 Å². The third kappa shape index (κ3) is 4.25. The number of nitrogens with zero attached hydrogens (tertiary/aromatic N) is 2. The number of halogens is 4. The van der Waals surface area contributed by atoms with E-state index in [-0.39, 0.29) is 37.1 Å². The monoisotopic (exact) mass is 321 g/mol. The van der Waals surface area contributed by atoms with Crippen molar-refractivity contribution in [2.45, 2.75) is 6.18 Å². The Morgan fingerprint density at radius 3 is 2.38 bits per heavy atom. The molecular weight excluding hydrogens is 307 g/mol. The van der Waals surface area contributed by atoms with E-state index in [2.05, 4.69) is 0 Å². The number of nitrogens with two attached hydrogens (primary N) is 1. The van der Waals surface area contributed by atoms with Crippen LogP contribution in [0.5, 0.6) is 0 Å². The van der Waals surface area contributed by atoms with Gasteiger partial charge >= 0.3 is 6.18 Å². The van der Waals surface area contributed by atoms with E-state index in [1.165, 1.54) is 21.9 Å². The molecule has 8 heteroatoms. The van der Waals surface area contributed by atoms with Crippen LogP contribution in [0, 0.1) is 0 Å². The second kappa shape index (κ2) is 6.11. The van der Waals surface area contributed by atoms with E-state index in [0.29, 0.717) is 11.3 Å². The second-order valence-corrected chi connectivity index (χ2v) is 5.33. The Balaban J connectivity index is 1.97. The lowest BCUT2D eigenvalue weighted by atomic mass is 10.1. The molecule has 1 aromatic rings. The molecule has 116 valence electrons. The molecule has 1 aliphatic rings. The molecular formula is C13H15ClF3N3O. The highest BCUT2D eigenvalue weighted by Gasteiger charge is 2.33. The number of carbonyl (C=O) groups excluding carboxylic acids is 1. The zero-order valence-corrected chi connectivity index (χ0v) is 11.9. The van der Waals surface area contributed by atoms with Gasteiger partial charge in [-0.05, 0) is 18.2 Å². The van der Waals surface area contributed by atoms with Gasteiger partial charge in [0.05, 0.1) is 17.1 Å². The quantitative estimate of drug-likeness (QED) is 0.850. The van der Waals surface area contributed by atoms with Crippen LogP contribution >= 0.6 is 11.6 Å². The molecule has 1 amide bonds. The van der Waals surface area contributed by atoms with Crippen molar-refractivity contribution >= 4 is 23.2 Å². The number of alkyl halides is 3. The molecule has 0 atom stereocenters. The fourth-order valence-corrected chi connectivity index (χ4v) is 2.51. The molecule has 21 heavy (non-hydrogen) atoms. The Morgan fingerprint density at radius 2 is 1.86 bits per heavy atom. The Morgan fingerprint density at radius 1 is 1.24 bits per heavy atom. The van der Waals surface area contributed by atoms with Gasteiger partial charge in [0.1, 0.15) is 0 Å². The van der Waals surface area contributed by atoms with Crippen molar-refractivity contribution in [2.24, 2.45) is 0 Å². The number of carbonyl (C=O) groups is 1. The first kappa shape index (κ1) is 15.9. The first-order chi connectivity index (χ1) is 9.76. The maximum Gasteiger partial charge on any atom is 0.401 e. The summed E-state index contributed by atoms with van der Waals surface area (Å²) in [7, 11) is 0. The summed E-state index contributed by atoms with van der Waals surface area (Å²) in [5, 5.41) is 0.248. The number of rotatable bonds is 2. The van der Waals surface area contributed by atoms with Crippen LogP contribution in [0.4, 0.5) is 18.9 Å². The molecule has 0 bridgehead atoms. The SMILES string of the molecule is Nc1ccc(C(=O)N2CCN(CC(F)(F)F)CC2)c(Cl)c1. The molecule has 0 aliphatic carbocycles. The molecule has 4 nitrogen and oxygen atoms in total. The van der Waals surface area contributed by atoms with Gasteiger partial charge in [0.25, 0.3) is 5.91 Å². The van der Waals surface area contributed by atoms with Crippen LogP contribution < -0.4 is 5.73 Å². The number of amides is 1. The lowest BCUT2D eigenvalue weighted by molar-refractivity contribution is -0.148. The van der Waals surface area contributed by atoms with E-state index in [1.54, 1.807) is 6.07 Å². The number of benzene rings is 1. The Kier molecular flexibility index (Phi) is 4.63. The summed E-state index contributed by atoms with van der Waals surface area (Å²) in [6.45, 7) is -0.0709. The van der Waals surface area contributed by atoms with Crippen LogP contribution in [0.15, 0.2) is 18.2 Å². The third-order valence-corrected chi connectivity index (χ3v) is 3.60. The van der Waals surface area contributed by atoms with Crippen molar-refractivity contribution in [1.82, 2.24) is 9.80 Å². The van der Waals surface area contributed by atoms with Gasteiger partial charge in [-0.3, -0.25) is 9.69 Å². The smallest absolute Gasteiger partial charge is 0.399 e. The lowest BCUT2D eigenvalue weighted by Gasteiger charge is -2.35. The standard InChI is InChI=1S/C13H15ClF3N3O/c14-11-7-9(18)1-2-10(11)12(21)20-5-3-19(4-6-20)8-13(15,16)17/h1-2,7H,3-6,8,18H2. The van der Waals surface area contributed by atoms with Crippen LogP contribution in [-0.2, 0) is 0 Å². The van der Waals surface area contributed by atoms with E-state index in [9.17, 15) is 18.0 Å². The second-order valence-electron chi connectivity index (χ2n) is 4.92. The minimum atomic E-state index is -4.22. The normalized spacial score (nSPS) is 17.0. The molecule has 0 aromatic heterocycles. The highest BCUT2D eigenvalue weighted by Crippen LogP contribution is 2.22. The molecule has 1 aliphatic heterocycles. The third-order valence-electron chi connectivity index (χ3n) is 3.29. The van der Waals surface area contributed by atoms with Crippen molar-refractivity contribution in [3.63, 3.8) is 0 Å². The average molecular weight is 322 g/mol. The predicted molar refractivity (Wildman–Crippen MR) is 74.3 cm³/mol. The molecule has 1 saturated heterocycles. The Hall–Kier alpha value is -1.47. The van der Waals surface area contributed by atoms with Crippen LogP contribution in [0.3, 0.4) is 0 Å². The van der Waals surface area contributed by atoms with Crippen LogP contribution in [-0.4, -0.2) is 54.6 Å². The van der Waals surface area contributed by atoms with Crippen molar-refractivity contribution < 1.29 is 18.0 Å². The first-order valence-electron chi connectivity index (χ1n) is 6.40. The van der Waals surface area contributed by atoms with Crippen molar-refractivity contribution in [3.05, 3.63) is 28.8 Å². The molecule has 2 N–H and O–H groups in total. The van der Waals surface area contributed by atoms with Crippen LogP contribution in [0.25, 0.3) is 0 Å². The minimum Gasteiger partial charge on any atom is -0.399 e. The number of hydrogen-bond acceptors (Lipinski definition) is 3. The van der Waals surface area contributed by atoms with Gasteiger partial charge in [-0.15, -0.1) is 0 Å². The molecule has 1 fully saturated rings. The van der Waals surface area contributed by atoms with Gasteiger partial charge in [0.2, 0.25) is 0 Å². The summed E-state index contributed by atoms with van der Waals surface area (Å²) < 4.78 is 36.9. The lowest BCUT2D eigenvalue weighted by Crippen LogP contribution is -2.50. The number of anilines is 1. The summed E-state index contributed by atoms with van der Waals surface area (Å²) >= 11 is 5.97. The maximum absolute atomic E-state index is 12.3. The van der Waals surface area contributed by atoms with E-state index >= 15 is 0 Å². The highest BCUT2D eigenvalue weighted by atomic mass is 35.5. The van der Waals surface area contributed by atoms with Gasteiger partial charge in [-0.2, -0.15) is 13.2 Å². The van der Waals surface area contributed by atoms with Crippen LogP contribution in [0.1, 0.15) is 10.4 Å². The summed E-state index contributed by atoms with van der Waals surface area (Å²) in [4.78, 5) is 15.1. The summed E-state index contributed by atoms with van der Waals surface area (Å²) in [5.74, 6) is -0.286. The van der Waals surface area contributed by atoms with Gasteiger partial charge in [-0.25, -0.2) is 0 Å². The van der Waals surface area contributed by atoms with Crippen molar-refractivity contribution in [2.75, 3.05) is 38.5 Å². The maximum atomic E-state index is 12.3.